The van der Waals surface area contributed by atoms with Gasteiger partial charge >= 0.3 is 0 Å². The third-order valence-corrected chi connectivity index (χ3v) is 4.82. The Kier molecular flexibility index (Phi) is 6.92. The number of hydrogen-bond acceptors (Lipinski definition) is 5. The molecule has 0 aliphatic carbocycles. The van der Waals surface area contributed by atoms with Crippen molar-refractivity contribution in [2.75, 3.05) is 6.54 Å². The van der Waals surface area contributed by atoms with E-state index < -0.39 is 0 Å². The van der Waals surface area contributed by atoms with Crippen LogP contribution in [-0.4, -0.2) is 28.2 Å². The van der Waals surface area contributed by atoms with Gasteiger partial charge in [-0.25, -0.2) is 4.98 Å². The van der Waals surface area contributed by atoms with Crippen molar-refractivity contribution in [3.63, 3.8) is 0 Å². The summed E-state index contributed by atoms with van der Waals surface area (Å²) in [6.45, 7) is 2.23. The number of nitrogens with one attached hydrogen (secondary N) is 1. The van der Waals surface area contributed by atoms with Gasteiger partial charge in [-0.2, -0.15) is 0 Å². The molecule has 2 heterocycles. The number of likely N-dealkylation sites (tertiary alicyclic amines) is 1. The van der Waals surface area contributed by atoms with Gasteiger partial charge in [0, 0.05) is 38.0 Å². The molecule has 6 nitrogen and oxygen atoms in total. The Morgan fingerprint density at radius 2 is 2.16 bits per heavy atom. The summed E-state index contributed by atoms with van der Waals surface area (Å²) in [5, 5.41) is 5.33. The average Bonchev–Trinajstić information content (AvgIpc) is 3.23. The van der Waals surface area contributed by atoms with Gasteiger partial charge in [0.25, 0.3) is 5.91 Å². The lowest BCUT2D eigenvalue weighted by Gasteiger charge is -2.16. The molecule has 0 atom stereocenters. The summed E-state index contributed by atoms with van der Waals surface area (Å²) in [6, 6.07) is 7.94. The molecule has 1 aromatic heterocycles. The topological polar surface area (TPSA) is 88.3 Å². The molecule has 0 saturated carbocycles. The van der Waals surface area contributed by atoms with Gasteiger partial charge in [-0.3, -0.25) is 9.59 Å². The van der Waals surface area contributed by atoms with Gasteiger partial charge in [0.1, 0.15) is 10.7 Å². The number of hydrogen-bond donors (Lipinski definition) is 2. The van der Waals surface area contributed by atoms with Crippen LogP contribution in [-0.2, 0) is 24.4 Å². The monoisotopic (exact) mass is 380 g/mol. The first-order valence-corrected chi connectivity index (χ1v) is 8.82. The second kappa shape index (κ2) is 8.94. The lowest BCUT2D eigenvalue weighted by Crippen LogP contribution is -2.24. The highest BCUT2D eigenvalue weighted by atomic mass is 35.5. The van der Waals surface area contributed by atoms with Crippen LogP contribution in [0.15, 0.2) is 29.6 Å². The van der Waals surface area contributed by atoms with Gasteiger partial charge in [-0.15, -0.1) is 23.7 Å². The number of amides is 2. The Balaban J connectivity index is 0.00000225. The summed E-state index contributed by atoms with van der Waals surface area (Å²) in [5.74, 6) is 0.0130. The van der Waals surface area contributed by atoms with Gasteiger partial charge in [-0.05, 0) is 17.5 Å². The lowest BCUT2D eigenvalue weighted by molar-refractivity contribution is -0.128. The summed E-state index contributed by atoms with van der Waals surface area (Å²) in [7, 11) is 0. The fourth-order valence-electron chi connectivity index (χ4n) is 2.71. The van der Waals surface area contributed by atoms with E-state index in [0.29, 0.717) is 31.7 Å². The Morgan fingerprint density at radius 3 is 2.84 bits per heavy atom. The van der Waals surface area contributed by atoms with Crippen LogP contribution < -0.4 is 11.1 Å². The second-order valence-corrected chi connectivity index (χ2v) is 6.69. The molecule has 2 amide bonds. The van der Waals surface area contributed by atoms with Crippen LogP contribution >= 0.6 is 23.7 Å². The molecule has 3 N–H and O–H groups in total. The summed E-state index contributed by atoms with van der Waals surface area (Å²) in [6.07, 6.45) is 1.58. The van der Waals surface area contributed by atoms with Gasteiger partial charge in [-0.1, -0.05) is 24.3 Å². The standard InChI is InChI=1S/C17H20N4O2S.ClH/c18-8-15-20-14(11-24-15)17(23)19-9-12-3-1-4-13(7-12)10-21-6-2-5-16(21)22;/h1,3-4,7,11H,2,5-6,8-10,18H2,(H,19,23);1H. The summed E-state index contributed by atoms with van der Waals surface area (Å²) < 4.78 is 0. The number of carbonyl (C=O) groups excluding carboxylic acids is 2. The number of halogens is 1. The third-order valence-electron chi connectivity index (χ3n) is 3.95. The van der Waals surface area contributed by atoms with Gasteiger partial charge in [0.15, 0.2) is 0 Å². The van der Waals surface area contributed by atoms with Crippen molar-refractivity contribution in [2.24, 2.45) is 5.73 Å². The quantitative estimate of drug-likeness (QED) is 0.803. The molecule has 0 spiro atoms. The van der Waals surface area contributed by atoms with E-state index in [0.717, 1.165) is 29.1 Å². The molecule has 1 aromatic carbocycles. The number of thiazole rings is 1. The summed E-state index contributed by atoms with van der Waals surface area (Å²) in [5.41, 5.74) is 7.99. The number of nitrogens with zero attached hydrogens (tertiary/aromatic N) is 2. The van der Waals surface area contributed by atoms with E-state index in [2.05, 4.69) is 10.3 Å². The Labute approximate surface area is 156 Å². The number of rotatable bonds is 6. The fourth-order valence-corrected chi connectivity index (χ4v) is 3.37. The second-order valence-electron chi connectivity index (χ2n) is 5.75. The Morgan fingerprint density at radius 1 is 1.36 bits per heavy atom. The molecule has 2 aromatic rings. The molecule has 8 heteroatoms. The SMILES string of the molecule is Cl.NCc1nc(C(=O)NCc2cccc(CN3CCCC3=O)c2)cs1. The van der Waals surface area contributed by atoms with Crippen LogP contribution in [0.25, 0.3) is 0 Å². The molecule has 25 heavy (non-hydrogen) atoms. The van der Waals surface area contributed by atoms with E-state index in [4.69, 9.17) is 5.73 Å². The Bertz CT molecular complexity index is 750. The first kappa shape index (κ1) is 19.4. The first-order chi connectivity index (χ1) is 11.7. The van der Waals surface area contributed by atoms with Gasteiger partial charge < -0.3 is 16.0 Å². The van der Waals surface area contributed by atoms with Crippen LogP contribution in [0.4, 0.5) is 0 Å². The van der Waals surface area contributed by atoms with Crippen LogP contribution in [0.3, 0.4) is 0 Å². The molecule has 1 saturated heterocycles. The number of benzene rings is 1. The predicted octanol–water partition coefficient (Wildman–Crippen LogP) is 2.08. The van der Waals surface area contributed by atoms with Crippen LogP contribution in [0.2, 0.25) is 0 Å². The summed E-state index contributed by atoms with van der Waals surface area (Å²) in [4.78, 5) is 29.9. The van der Waals surface area contributed by atoms with Crippen molar-refractivity contribution in [1.82, 2.24) is 15.2 Å². The maximum Gasteiger partial charge on any atom is 0.271 e. The molecule has 0 unspecified atom stereocenters. The highest BCUT2D eigenvalue weighted by molar-refractivity contribution is 7.09. The van der Waals surface area contributed by atoms with Crippen molar-refractivity contribution in [2.45, 2.75) is 32.5 Å². The molecule has 1 aliphatic heterocycles. The molecule has 0 bridgehead atoms. The van der Waals surface area contributed by atoms with E-state index in [9.17, 15) is 9.59 Å². The largest absolute Gasteiger partial charge is 0.347 e. The Hall–Kier alpha value is -1.96. The zero-order chi connectivity index (χ0) is 16.9. The minimum Gasteiger partial charge on any atom is -0.347 e. The fraction of sp³-hybridized carbons (Fsp3) is 0.353. The molecular formula is C17H21ClN4O2S. The van der Waals surface area contributed by atoms with E-state index in [1.807, 2.05) is 29.2 Å². The van der Waals surface area contributed by atoms with Crippen molar-refractivity contribution >= 4 is 35.6 Å². The number of nitrogens with two attached hydrogens (primary N) is 1. The minimum absolute atomic E-state index is 0. The highest BCUT2D eigenvalue weighted by Gasteiger charge is 2.20. The number of carbonyl (C=O) groups is 2. The maximum absolute atomic E-state index is 12.1. The van der Waals surface area contributed by atoms with E-state index in [1.165, 1.54) is 11.3 Å². The molecule has 1 fully saturated rings. The van der Waals surface area contributed by atoms with E-state index in [1.54, 1.807) is 5.38 Å². The minimum atomic E-state index is -0.203. The molecule has 134 valence electrons. The zero-order valence-electron chi connectivity index (χ0n) is 13.7. The van der Waals surface area contributed by atoms with Gasteiger partial charge in [0.2, 0.25) is 5.91 Å². The van der Waals surface area contributed by atoms with Crippen molar-refractivity contribution in [1.29, 1.82) is 0 Å². The molecular weight excluding hydrogens is 360 g/mol. The van der Waals surface area contributed by atoms with E-state index in [-0.39, 0.29) is 24.2 Å². The molecule has 3 rings (SSSR count). The highest BCUT2D eigenvalue weighted by Crippen LogP contribution is 2.15. The maximum atomic E-state index is 12.1. The van der Waals surface area contributed by atoms with E-state index >= 15 is 0 Å². The lowest BCUT2D eigenvalue weighted by atomic mass is 10.1. The van der Waals surface area contributed by atoms with Crippen LogP contribution in [0, 0.1) is 0 Å². The third kappa shape index (κ3) is 5.01. The zero-order valence-corrected chi connectivity index (χ0v) is 15.4. The van der Waals surface area contributed by atoms with Crippen molar-refractivity contribution < 1.29 is 9.59 Å². The molecule has 1 aliphatic rings. The van der Waals surface area contributed by atoms with Crippen LogP contribution in [0.1, 0.15) is 39.5 Å². The van der Waals surface area contributed by atoms with Gasteiger partial charge in [0.05, 0.1) is 0 Å². The van der Waals surface area contributed by atoms with Crippen LogP contribution in [0.5, 0.6) is 0 Å². The summed E-state index contributed by atoms with van der Waals surface area (Å²) >= 11 is 1.39. The predicted molar refractivity (Wildman–Crippen MR) is 99.5 cm³/mol. The average molecular weight is 381 g/mol. The smallest absolute Gasteiger partial charge is 0.271 e. The number of aromatic nitrogens is 1. The van der Waals surface area contributed by atoms with Crippen molar-refractivity contribution in [3.8, 4) is 0 Å². The normalized spacial score (nSPS) is 13.6. The molecule has 0 radical (unpaired) electrons. The van der Waals surface area contributed by atoms with Crippen molar-refractivity contribution in [3.05, 3.63) is 51.5 Å². The first-order valence-electron chi connectivity index (χ1n) is 7.94.